The van der Waals surface area contributed by atoms with Crippen LogP contribution < -0.4 is 0 Å². The first-order valence-corrected chi connectivity index (χ1v) is 3.86. The summed E-state index contributed by atoms with van der Waals surface area (Å²) in [5.41, 5.74) is 0.363. The van der Waals surface area contributed by atoms with Crippen LogP contribution in [0.4, 0.5) is 4.39 Å². The van der Waals surface area contributed by atoms with Gasteiger partial charge in [-0.1, -0.05) is 6.08 Å². The lowest BCUT2D eigenvalue weighted by Gasteiger charge is -1.92. The van der Waals surface area contributed by atoms with Crippen molar-refractivity contribution in [2.24, 2.45) is 0 Å². The number of rotatable bonds is 2. The van der Waals surface area contributed by atoms with Crippen LogP contribution in [0.3, 0.4) is 0 Å². The van der Waals surface area contributed by atoms with E-state index in [1.54, 1.807) is 24.4 Å². The molecule has 0 unspecified atom stereocenters. The van der Waals surface area contributed by atoms with Gasteiger partial charge >= 0.3 is 0 Å². The number of hydrogen-bond acceptors (Lipinski definition) is 2. The molecule has 3 heteroatoms. The lowest BCUT2D eigenvalue weighted by Crippen LogP contribution is -1.84. The molecule has 0 saturated heterocycles. The number of hydrogen-bond donors (Lipinski definition) is 1. The fraction of sp³-hybridized carbons (Fsp3) is 0.125. The first-order chi connectivity index (χ1) is 5.34. The van der Waals surface area contributed by atoms with Gasteiger partial charge in [-0.05, 0) is 18.2 Å². The molecule has 0 saturated carbocycles. The van der Waals surface area contributed by atoms with Gasteiger partial charge in [-0.15, -0.1) is 0 Å². The molecule has 0 aromatic carbocycles. The van der Waals surface area contributed by atoms with Crippen molar-refractivity contribution in [3.63, 3.8) is 0 Å². The van der Waals surface area contributed by atoms with Gasteiger partial charge in [-0.3, -0.25) is 4.98 Å². The van der Waals surface area contributed by atoms with Crippen molar-refractivity contribution in [1.82, 2.24) is 4.98 Å². The molecule has 0 amide bonds. The molecule has 0 aliphatic carbocycles. The van der Waals surface area contributed by atoms with E-state index in [2.05, 4.69) is 17.6 Å². The van der Waals surface area contributed by atoms with Crippen LogP contribution in [0, 0.1) is 5.82 Å². The van der Waals surface area contributed by atoms with Crippen LogP contribution in [0.1, 0.15) is 5.69 Å². The van der Waals surface area contributed by atoms with Crippen molar-refractivity contribution in [2.75, 3.05) is 5.75 Å². The molecule has 0 atom stereocenters. The molecule has 0 radical (unpaired) electrons. The Morgan fingerprint density at radius 1 is 1.64 bits per heavy atom. The van der Waals surface area contributed by atoms with E-state index in [0.717, 1.165) is 0 Å². The summed E-state index contributed by atoms with van der Waals surface area (Å²) in [6, 6.07) is 2.94. The lowest BCUT2D eigenvalue weighted by atomic mass is 10.3. The summed E-state index contributed by atoms with van der Waals surface area (Å²) in [6.45, 7) is 0. The third kappa shape index (κ3) is 2.35. The van der Waals surface area contributed by atoms with Crippen molar-refractivity contribution in [1.29, 1.82) is 0 Å². The van der Waals surface area contributed by atoms with Crippen LogP contribution in [0.15, 0.2) is 24.4 Å². The van der Waals surface area contributed by atoms with Gasteiger partial charge in [0.2, 0.25) is 0 Å². The Morgan fingerprint density at radius 2 is 2.45 bits per heavy atom. The molecule has 1 nitrogen and oxygen atoms in total. The molecule has 1 heterocycles. The predicted octanol–water partition coefficient (Wildman–Crippen LogP) is 2.16. The Kier molecular flexibility index (Phi) is 3.11. The smallest absolute Gasteiger partial charge is 0.148 e. The zero-order valence-corrected chi connectivity index (χ0v) is 6.76. The van der Waals surface area contributed by atoms with E-state index in [9.17, 15) is 4.39 Å². The maximum Gasteiger partial charge on any atom is 0.148 e. The summed E-state index contributed by atoms with van der Waals surface area (Å²) >= 11 is 3.95. The molecule has 0 aliphatic rings. The van der Waals surface area contributed by atoms with Crippen LogP contribution >= 0.6 is 12.6 Å². The monoisotopic (exact) mass is 169 g/mol. The summed E-state index contributed by atoms with van der Waals surface area (Å²) in [5, 5.41) is 0. The highest BCUT2D eigenvalue weighted by atomic mass is 32.1. The Labute approximate surface area is 70.4 Å². The second kappa shape index (κ2) is 4.13. The number of halogens is 1. The van der Waals surface area contributed by atoms with E-state index in [1.807, 2.05) is 0 Å². The Bertz CT molecular complexity index is 260. The highest BCUT2D eigenvalue weighted by Gasteiger charge is 1.94. The van der Waals surface area contributed by atoms with E-state index in [0.29, 0.717) is 11.4 Å². The minimum Gasteiger partial charge on any atom is -0.254 e. The van der Waals surface area contributed by atoms with Gasteiger partial charge in [0, 0.05) is 11.9 Å². The largest absolute Gasteiger partial charge is 0.254 e. The van der Waals surface area contributed by atoms with Gasteiger partial charge in [0.15, 0.2) is 0 Å². The molecule has 0 bridgehead atoms. The maximum atomic E-state index is 12.8. The minimum atomic E-state index is -0.300. The molecule has 11 heavy (non-hydrogen) atoms. The number of nitrogens with zero attached hydrogens (tertiary/aromatic N) is 1. The van der Waals surface area contributed by atoms with Crippen molar-refractivity contribution >= 4 is 18.7 Å². The van der Waals surface area contributed by atoms with Crippen LogP contribution in [0.5, 0.6) is 0 Å². The van der Waals surface area contributed by atoms with Crippen molar-refractivity contribution in [3.8, 4) is 0 Å². The van der Waals surface area contributed by atoms with E-state index in [1.165, 1.54) is 6.07 Å². The van der Waals surface area contributed by atoms with Gasteiger partial charge in [0.1, 0.15) is 5.82 Å². The molecule has 0 N–H and O–H groups in total. The van der Waals surface area contributed by atoms with Crippen LogP contribution in [-0.2, 0) is 0 Å². The molecular formula is C8H8FNS. The second-order valence-electron chi connectivity index (χ2n) is 1.96. The van der Waals surface area contributed by atoms with Crippen molar-refractivity contribution < 1.29 is 4.39 Å². The Balaban J connectivity index is 2.86. The molecular weight excluding hydrogens is 161 g/mol. The summed E-state index contributed by atoms with van der Waals surface area (Å²) < 4.78 is 12.8. The average Bonchev–Trinajstić information content (AvgIpc) is 2.03. The zero-order valence-electron chi connectivity index (χ0n) is 5.87. The third-order valence-corrected chi connectivity index (χ3v) is 1.38. The molecule has 0 spiro atoms. The Morgan fingerprint density at radius 3 is 3.09 bits per heavy atom. The molecule has 0 aliphatic heterocycles. The maximum absolute atomic E-state index is 12.8. The van der Waals surface area contributed by atoms with Crippen molar-refractivity contribution in [3.05, 3.63) is 35.9 Å². The third-order valence-electron chi connectivity index (χ3n) is 1.17. The molecule has 1 aromatic heterocycles. The van der Waals surface area contributed by atoms with Gasteiger partial charge in [-0.2, -0.15) is 12.6 Å². The molecule has 1 rings (SSSR count). The predicted molar refractivity (Wildman–Crippen MR) is 47.1 cm³/mol. The quantitative estimate of drug-likeness (QED) is 0.669. The van der Waals surface area contributed by atoms with Crippen LogP contribution in [-0.4, -0.2) is 10.7 Å². The van der Waals surface area contributed by atoms with Gasteiger partial charge < -0.3 is 0 Å². The Hall–Kier alpha value is -0.830. The van der Waals surface area contributed by atoms with Crippen molar-refractivity contribution in [2.45, 2.75) is 0 Å². The average molecular weight is 169 g/mol. The SMILES string of the molecule is Fc1cccnc1C=CCS. The van der Waals surface area contributed by atoms with Gasteiger partial charge in [-0.25, -0.2) is 4.39 Å². The molecule has 0 fully saturated rings. The van der Waals surface area contributed by atoms with E-state index in [4.69, 9.17) is 0 Å². The van der Waals surface area contributed by atoms with Crippen LogP contribution in [0.2, 0.25) is 0 Å². The van der Waals surface area contributed by atoms with E-state index >= 15 is 0 Å². The summed E-state index contributed by atoms with van der Waals surface area (Å²) in [7, 11) is 0. The fourth-order valence-corrected chi connectivity index (χ4v) is 0.790. The first kappa shape index (κ1) is 8.27. The summed E-state index contributed by atoms with van der Waals surface area (Å²) in [4.78, 5) is 3.82. The van der Waals surface area contributed by atoms with E-state index < -0.39 is 0 Å². The number of pyridine rings is 1. The normalized spacial score (nSPS) is 10.7. The summed E-state index contributed by atoms with van der Waals surface area (Å²) in [6.07, 6.45) is 4.91. The zero-order chi connectivity index (χ0) is 8.10. The highest BCUT2D eigenvalue weighted by molar-refractivity contribution is 7.80. The minimum absolute atomic E-state index is 0.300. The molecule has 58 valence electrons. The summed E-state index contributed by atoms with van der Waals surface area (Å²) in [5.74, 6) is 0.293. The number of aromatic nitrogens is 1. The topological polar surface area (TPSA) is 12.9 Å². The fourth-order valence-electron chi connectivity index (χ4n) is 0.685. The second-order valence-corrected chi connectivity index (χ2v) is 2.32. The van der Waals surface area contributed by atoms with E-state index in [-0.39, 0.29) is 5.82 Å². The van der Waals surface area contributed by atoms with Crippen LogP contribution in [0.25, 0.3) is 6.08 Å². The van der Waals surface area contributed by atoms with Gasteiger partial charge in [0.05, 0.1) is 5.69 Å². The van der Waals surface area contributed by atoms with Gasteiger partial charge in [0.25, 0.3) is 0 Å². The first-order valence-electron chi connectivity index (χ1n) is 3.22. The number of thiol groups is 1. The molecule has 1 aromatic rings. The lowest BCUT2D eigenvalue weighted by molar-refractivity contribution is 0.618. The standard InChI is InChI=1S/C8H8FNS/c9-7-3-1-5-10-8(7)4-2-6-11/h1-5,11H,6H2. The highest BCUT2D eigenvalue weighted by Crippen LogP contribution is 2.03.